The summed E-state index contributed by atoms with van der Waals surface area (Å²) in [7, 11) is 2.00. The summed E-state index contributed by atoms with van der Waals surface area (Å²) in [4.78, 5) is 4.72. The third-order valence-electron chi connectivity index (χ3n) is 4.76. The van der Waals surface area contributed by atoms with Crippen LogP contribution in [0, 0.1) is 13.8 Å². The Morgan fingerprint density at radius 2 is 2.04 bits per heavy atom. The lowest BCUT2D eigenvalue weighted by molar-refractivity contribution is 0.665. The molecule has 0 aromatic carbocycles. The van der Waals surface area contributed by atoms with Crippen LogP contribution in [0.15, 0.2) is 16.6 Å². The SMILES string of the molecule is CCNC(=NCCc1c(C)nn(C)c1C)NCCC1=CCCCC1.I. The fraction of sp³-hybridized carbons (Fsp3) is 0.684. The highest BCUT2D eigenvalue weighted by molar-refractivity contribution is 14.0. The van der Waals surface area contributed by atoms with Gasteiger partial charge in [0, 0.05) is 32.4 Å². The minimum Gasteiger partial charge on any atom is -0.357 e. The molecular weight excluding hydrogens is 425 g/mol. The number of allylic oxidation sites excluding steroid dienone is 1. The summed E-state index contributed by atoms with van der Waals surface area (Å²) < 4.78 is 1.95. The molecule has 1 aliphatic rings. The molecule has 0 atom stereocenters. The zero-order valence-corrected chi connectivity index (χ0v) is 18.5. The third-order valence-corrected chi connectivity index (χ3v) is 4.76. The number of hydrogen-bond acceptors (Lipinski definition) is 2. The van der Waals surface area contributed by atoms with E-state index in [-0.39, 0.29) is 24.0 Å². The number of hydrogen-bond donors (Lipinski definition) is 2. The highest BCUT2D eigenvalue weighted by Gasteiger charge is 2.09. The van der Waals surface area contributed by atoms with Crippen LogP contribution in [0.1, 0.15) is 56.0 Å². The smallest absolute Gasteiger partial charge is 0.191 e. The first-order chi connectivity index (χ1) is 11.6. The van der Waals surface area contributed by atoms with E-state index in [0.29, 0.717) is 0 Å². The fourth-order valence-electron chi connectivity index (χ4n) is 3.27. The van der Waals surface area contributed by atoms with Gasteiger partial charge in [-0.2, -0.15) is 5.10 Å². The third kappa shape index (κ3) is 6.99. The van der Waals surface area contributed by atoms with Gasteiger partial charge in [0.15, 0.2) is 5.96 Å². The van der Waals surface area contributed by atoms with Gasteiger partial charge in [0.25, 0.3) is 0 Å². The summed E-state index contributed by atoms with van der Waals surface area (Å²) in [6.07, 6.45) is 9.72. The van der Waals surface area contributed by atoms with Crippen molar-refractivity contribution in [2.24, 2.45) is 12.0 Å². The van der Waals surface area contributed by atoms with E-state index in [4.69, 9.17) is 4.99 Å². The molecule has 0 saturated carbocycles. The first-order valence-corrected chi connectivity index (χ1v) is 9.31. The van der Waals surface area contributed by atoms with Crippen molar-refractivity contribution in [1.82, 2.24) is 20.4 Å². The number of aliphatic imine (C=N–C) groups is 1. The molecule has 0 aliphatic heterocycles. The van der Waals surface area contributed by atoms with Crippen LogP contribution in [0.3, 0.4) is 0 Å². The van der Waals surface area contributed by atoms with Crippen molar-refractivity contribution in [3.63, 3.8) is 0 Å². The largest absolute Gasteiger partial charge is 0.357 e. The maximum atomic E-state index is 4.72. The first-order valence-electron chi connectivity index (χ1n) is 9.31. The monoisotopic (exact) mass is 459 g/mol. The molecule has 0 fully saturated rings. The van der Waals surface area contributed by atoms with Crippen LogP contribution >= 0.6 is 24.0 Å². The van der Waals surface area contributed by atoms with Gasteiger partial charge in [0.05, 0.1) is 5.69 Å². The molecule has 2 rings (SSSR count). The Morgan fingerprint density at radius 1 is 1.24 bits per heavy atom. The Morgan fingerprint density at radius 3 is 2.64 bits per heavy atom. The van der Waals surface area contributed by atoms with Crippen LogP contribution in [-0.2, 0) is 13.5 Å². The number of halogens is 1. The molecule has 6 heteroatoms. The van der Waals surface area contributed by atoms with Gasteiger partial charge in [-0.15, -0.1) is 24.0 Å². The number of guanidine groups is 1. The van der Waals surface area contributed by atoms with Crippen molar-refractivity contribution in [3.05, 3.63) is 28.6 Å². The van der Waals surface area contributed by atoms with Crippen molar-refractivity contribution in [2.75, 3.05) is 19.6 Å². The Labute approximate surface area is 169 Å². The van der Waals surface area contributed by atoms with E-state index in [0.717, 1.165) is 44.1 Å². The van der Waals surface area contributed by atoms with Crippen LogP contribution < -0.4 is 10.6 Å². The van der Waals surface area contributed by atoms with E-state index >= 15 is 0 Å². The molecule has 1 aromatic rings. The second-order valence-electron chi connectivity index (χ2n) is 6.57. The van der Waals surface area contributed by atoms with Crippen LogP contribution in [0.25, 0.3) is 0 Å². The predicted octanol–water partition coefficient (Wildman–Crippen LogP) is 3.64. The van der Waals surface area contributed by atoms with Gasteiger partial charge in [0.1, 0.15) is 0 Å². The van der Waals surface area contributed by atoms with E-state index in [1.807, 2.05) is 11.7 Å². The average Bonchev–Trinajstić information content (AvgIpc) is 2.82. The number of aryl methyl sites for hydroxylation is 2. The van der Waals surface area contributed by atoms with Gasteiger partial charge in [-0.1, -0.05) is 11.6 Å². The molecule has 0 radical (unpaired) electrons. The highest BCUT2D eigenvalue weighted by atomic mass is 127. The van der Waals surface area contributed by atoms with Gasteiger partial charge in [0.2, 0.25) is 0 Å². The number of nitrogens with zero attached hydrogens (tertiary/aromatic N) is 3. The Balaban J connectivity index is 0.00000312. The van der Waals surface area contributed by atoms with Gasteiger partial charge >= 0.3 is 0 Å². The van der Waals surface area contributed by atoms with Crippen molar-refractivity contribution in [2.45, 2.75) is 59.3 Å². The van der Waals surface area contributed by atoms with Crippen molar-refractivity contribution in [3.8, 4) is 0 Å². The summed E-state index contributed by atoms with van der Waals surface area (Å²) in [6, 6.07) is 0. The Kier molecular flexibility index (Phi) is 10.2. The molecule has 0 spiro atoms. The van der Waals surface area contributed by atoms with Crippen molar-refractivity contribution >= 4 is 29.9 Å². The summed E-state index contributed by atoms with van der Waals surface area (Å²) in [5.41, 5.74) is 5.29. The maximum Gasteiger partial charge on any atom is 0.191 e. The van der Waals surface area contributed by atoms with Crippen LogP contribution in [-0.4, -0.2) is 35.4 Å². The number of aromatic nitrogens is 2. The second kappa shape index (κ2) is 11.5. The standard InChI is InChI=1S/C19H33N5.HI/c1-5-20-19(21-13-11-17-9-7-6-8-10-17)22-14-12-18-15(2)23-24(4)16(18)3;/h9H,5-8,10-14H2,1-4H3,(H2,20,21,22);1H. The summed E-state index contributed by atoms with van der Waals surface area (Å²) in [6.45, 7) is 8.94. The molecule has 25 heavy (non-hydrogen) atoms. The lowest BCUT2D eigenvalue weighted by Gasteiger charge is -2.15. The van der Waals surface area contributed by atoms with Gasteiger partial charge < -0.3 is 10.6 Å². The molecule has 5 nitrogen and oxygen atoms in total. The summed E-state index contributed by atoms with van der Waals surface area (Å²) in [5.74, 6) is 0.924. The average molecular weight is 459 g/mol. The normalized spacial score (nSPS) is 14.7. The molecule has 0 saturated heterocycles. The summed E-state index contributed by atoms with van der Waals surface area (Å²) >= 11 is 0. The first kappa shape index (κ1) is 22.0. The van der Waals surface area contributed by atoms with Gasteiger partial charge in [-0.25, -0.2) is 0 Å². The predicted molar refractivity (Wildman–Crippen MR) is 117 cm³/mol. The highest BCUT2D eigenvalue weighted by Crippen LogP contribution is 2.19. The van der Waals surface area contributed by atoms with E-state index in [1.54, 1.807) is 5.57 Å². The molecule has 2 N–H and O–H groups in total. The second-order valence-corrected chi connectivity index (χ2v) is 6.57. The Bertz CT molecular complexity index is 589. The van der Waals surface area contributed by atoms with Crippen LogP contribution in [0.4, 0.5) is 0 Å². The Hall–Kier alpha value is -1.05. The zero-order valence-electron chi connectivity index (χ0n) is 16.2. The molecule has 1 heterocycles. The lowest BCUT2D eigenvalue weighted by atomic mass is 9.97. The minimum atomic E-state index is 0. The molecule has 142 valence electrons. The fourth-order valence-corrected chi connectivity index (χ4v) is 3.27. The summed E-state index contributed by atoms with van der Waals surface area (Å²) in [5, 5.41) is 11.3. The lowest BCUT2D eigenvalue weighted by Crippen LogP contribution is -2.38. The van der Waals surface area contributed by atoms with Crippen LogP contribution in [0.5, 0.6) is 0 Å². The number of nitrogens with one attached hydrogen (secondary N) is 2. The van der Waals surface area contributed by atoms with E-state index in [9.17, 15) is 0 Å². The van der Waals surface area contributed by atoms with E-state index in [1.165, 1.54) is 36.9 Å². The van der Waals surface area contributed by atoms with E-state index < -0.39 is 0 Å². The van der Waals surface area contributed by atoms with E-state index in [2.05, 4.69) is 42.6 Å². The van der Waals surface area contributed by atoms with Crippen molar-refractivity contribution < 1.29 is 0 Å². The topological polar surface area (TPSA) is 54.2 Å². The quantitative estimate of drug-likeness (QED) is 0.283. The zero-order chi connectivity index (χ0) is 17.4. The van der Waals surface area contributed by atoms with Crippen molar-refractivity contribution in [1.29, 1.82) is 0 Å². The molecule has 1 aliphatic carbocycles. The molecule has 0 bridgehead atoms. The molecule has 0 unspecified atom stereocenters. The number of rotatable bonds is 7. The van der Waals surface area contributed by atoms with Gasteiger partial charge in [-0.05, 0) is 64.9 Å². The maximum absolute atomic E-state index is 4.72. The molecule has 1 aromatic heterocycles. The van der Waals surface area contributed by atoms with Gasteiger partial charge in [-0.3, -0.25) is 9.67 Å². The molecule has 0 amide bonds. The van der Waals surface area contributed by atoms with Crippen LogP contribution in [0.2, 0.25) is 0 Å². The minimum absolute atomic E-state index is 0. The molecular formula is C19H34IN5.